The summed E-state index contributed by atoms with van der Waals surface area (Å²) >= 11 is 0. The number of hydrogen-bond acceptors (Lipinski definition) is 5. The third kappa shape index (κ3) is 4.44. The number of fused-ring (bicyclic) bond motifs is 1. The van der Waals surface area contributed by atoms with Crippen LogP contribution in [0.25, 0.3) is 11.0 Å². The van der Waals surface area contributed by atoms with Gasteiger partial charge >= 0.3 is 0 Å². The van der Waals surface area contributed by atoms with Crippen LogP contribution in [0.5, 0.6) is 0 Å². The zero-order chi connectivity index (χ0) is 25.2. The molecule has 3 N–H and O–H groups in total. The maximum atomic E-state index is 13.7. The van der Waals surface area contributed by atoms with Gasteiger partial charge in [-0.05, 0) is 43.2 Å². The Hall–Kier alpha value is -4.12. The highest BCUT2D eigenvalue weighted by atomic mass is 16.2. The minimum Gasteiger partial charge on any atom is -0.383 e. The van der Waals surface area contributed by atoms with Gasteiger partial charge in [0.05, 0.1) is 17.0 Å². The molecule has 36 heavy (non-hydrogen) atoms. The number of likely N-dealkylation sites (tertiary alicyclic amines) is 1. The molecule has 8 nitrogen and oxygen atoms in total. The predicted molar refractivity (Wildman–Crippen MR) is 139 cm³/mol. The number of benzene rings is 1. The molecule has 1 saturated heterocycles. The van der Waals surface area contributed by atoms with Crippen molar-refractivity contribution < 1.29 is 9.59 Å². The second kappa shape index (κ2) is 9.86. The second-order valence-electron chi connectivity index (χ2n) is 9.41. The van der Waals surface area contributed by atoms with E-state index in [-0.39, 0.29) is 29.7 Å². The molecule has 2 amide bonds. The van der Waals surface area contributed by atoms with Crippen molar-refractivity contribution in [2.45, 2.75) is 51.2 Å². The maximum Gasteiger partial charge on any atom is 0.255 e. The van der Waals surface area contributed by atoms with Crippen LogP contribution >= 0.6 is 0 Å². The number of amides is 2. The molecule has 1 aliphatic carbocycles. The first kappa shape index (κ1) is 23.6. The molecular formula is C28H30N6O2. The van der Waals surface area contributed by atoms with Gasteiger partial charge in [0.2, 0.25) is 5.91 Å². The highest BCUT2D eigenvalue weighted by molar-refractivity contribution is 6.11. The summed E-state index contributed by atoms with van der Waals surface area (Å²) in [6.07, 6.45) is 6.44. The Bertz CT molecular complexity index is 1380. The average molecular weight is 483 g/mol. The zero-order valence-corrected chi connectivity index (χ0v) is 20.4. The van der Waals surface area contributed by atoms with E-state index in [0.717, 1.165) is 31.2 Å². The minimum absolute atomic E-state index is 0.0664. The molecule has 2 atom stereocenters. The first-order chi connectivity index (χ1) is 17.5. The van der Waals surface area contributed by atoms with Crippen LogP contribution in [-0.4, -0.2) is 43.8 Å². The van der Waals surface area contributed by atoms with Gasteiger partial charge in [-0.15, -0.1) is 0 Å². The molecule has 5 rings (SSSR count). The van der Waals surface area contributed by atoms with Gasteiger partial charge in [0.25, 0.3) is 5.91 Å². The zero-order valence-electron chi connectivity index (χ0n) is 20.4. The Labute approximate surface area is 210 Å². The molecule has 2 aliphatic rings. The maximum absolute atomic E-state index is 13.7. The van der Waals surface area contributed by atoms with Gasteiger partial charge in [-0.3, -0.25) is 9.59 Å². The quantitative estimate of drug-likeness (QED) is 0.414. The lowest BCUT2D eigenvalue weighted by atomic mass is 10.1. The third-order valence-corrected chi connectivity index (χ3v) is 6.99. The van der Waals surface area contributed by atoms with Crippen LogP contribution in [0.2, 0.25) is 0 Å². The van der Waals surface area contributed by atoms with Crippen molar-refractivity contribution in [3.63, 3.8) is 0 Å². The van der Waals surface area contributed by atoms with E-state index in [4.69, 9.17) is 5.73 Å². The molecule has 184 valence electrons. The number of carbonyl (C=O) groups excluding carboxylic acids is 2. The molecule has 3 heterocycles. The number of anilines is 1. The summed E-state index contributed by atoms with van der Waals surface area (Å²) in [6.45, 7) is 6.60. The Morgan fingerprint density at radius 2 is 2.03 bits per heavy atom. The van der Waals surface area contributed by atoms with Crippen molar-refractivity contribution in [3.8, 4) is 11.8 Å². The standard InChI is InChI=1S/C28H30N6O2/c1-3-20-14-21(16-33(20)23(35)4-2)34-22(13-12-18-10-11-18)24(25-26(29)31-17-32-27(25)34)28(36)30-15-19-8-6-5-7-9-19/h4-9,17-18,20-21H,2-3,10-11,14-16H2,1H3,(H,30,36)(H2,29,31,32). The smallest absolute Gasteiger partial charge is 0.255 e. The van der Waals surface area contributed by atoms with E-state index in [9.17, 15) is 9.59 Å². The van der Waals surface area contributed by atoms with Crippen molar-refractivity contribution in [2.75, 3.05) is 12.3 Å². The van der Waals surface area contributed by atoms with Crippen molar-refractivity contribution in [1.29, 1.82) is 0 Å². The van der Waals surface area contributed by atoms with Crippen molar-refractivity contribution in [1.82, 2.24) is 24.8 Å². The van der Waals surface area contributed by atoms with Crippen LogP contribution in [0.3, 0.4) is 0 Å². The number of carbonyl (C=O) groups is 2. The van der Waals surface area contributed by atoms with Crippen molar-refractivity contribution in [3.05, 3.63) is 66.1 Å². The summed E-state index contributed by atoms with van der Waals surface area (Å²) in [5.74, 6) is 6.84. The third-order valence-electron chi connectivity index (χ3n) is 6.99. The topological polar surface area (TPSA) is 106 Å². The average Bonchev–Trinajstić information content (AvgIpc) is 3.53. The lowest BCUT2D eigenvalue weighted by Gasteiger charge is -2.21. The van der Waals surface area contributed by atoms with Crippen LogP contribution in [0, 0.1) is 17.8 Å². The second-order valence-corrected chi connectivity index (χ2v) is 9.41. The molecule has 1 aliphatic heterocycles. The molecule has 2 unspecified atom stereocenters. The van der Waals surface area contributed by atoms with Gasteiger partial charge in [0.1, 0.15) is 23.5 Å². The van der Waals surface area contributed by atoms with Gasteiger partial charge in [0, 0.05) is 25.0 Å². The molecule has 0 spiro atoms. The van der Waals surface area contributed by atoms with Gasteiger partial charge in [-0.25, -0.2) is 9.97 Å². The van der Waals surface area contributed by atoms with Crippen LogP contribution in [0.15, 0.2) is 49.3 Å². The molecule has 3 aromatic rings. The SMILES string of the molecule is C=CC(=O)N1CC(n2c(C#CC3CC3)c(C(=O)NCc3ccccc3)c3c(N)ncnc32)CC1CC. The molecule has 2 fully saturated rings. The van der Waals surface area contributed by atoms with Gasteiger partial charge < -0.3 is 20.5 Å². The monoisotopic (exact) mass is 482 g/mol. The Morgan fingerprint density at radius 1 is 1.25 bits per heavy atom. The molecule has 1 aromatic carbocycles. The number of nitrogens with one attached hydrogen (secondary N) is 1. The number of nitrogens with two attached hydrogens (primary N) is 1. The van der Waals surface area contributed by atoms with E-state index < -0.39 is 0 Å². The number of hydrogen-bond donors (Lipinski definition) is 2. The normalized spacial score (nSPS) is 19.1. The lowest BCUT2D eigenvalue weighted by Crippen LogP contribution is -2.34. The molecule has 2 aromatic heterocycles. The summed E-state index contributed by atoms with van der Waals surface area (Å²) in [7, 11) is 0. The van der Waals surface area contributed by atoms with E-state index in [1.165, 1.54) is 12.4 Å². The molecule has 1 saturated carbocycles. The highest BCUT2D eigenvalue weighted by Gasteiger charge is 2.37. The number of nitrogen functional groups attached to an aromatic ring is 1. The number of nitrogens with zero attached hydrogens (tertiary/aromatic N) is 4. The fraction of sp³-hybridized carbons (Fsp3) is 0.357. The van der Waals surface area contributed by atoms with E-state index >= 15 is 0 Å². The molecule has 0 radical (unpaired) electrons. The van der Waals surface area contributed by atoms with Gasteiger partial charge in [0.15, 0.2) is 0 Å². The first-order valence-electron chi connectivity index (χ1n) is 12.4. The Kier molecular flexibility index (Phi) is 6.47. The van der Waals surface area contributed by atoms with Crippen LogP contribution < -0.4 is 11.1 Å². The van der Waals surface area contributed by atoms with Crippen molar-refractivity contribution >= 4 is 28.7 Å². The molecule has 8 heteroatoms. The first-order valence-corrected chi connectivity index (χ1v) is 12.4. The Morgan fingerprint density at radius 3 is 2.72 bits per heavy atom. The number of aromatic nitrogens is 3. The van der Waals surface area contributed by atoms with E-state index in [0.29, 0.717) is 41.3 Å². The summed E-state index contributed by atoms with van der Waals surface area (Å²) in [5.41, 5.74) is 8.87. The fourth-order valence-corrected chi connectivity index (χ4v) is 4.97. The lowest BCUT2D eigenvalue weighted by molar-refractivity contribution is -0.126. The van der Waals surface area contributed by atoms with Crippen molar-refractivity contribution in [2.24, 2.45) is 5.92 Å². The molecule has 0 bridgehead atoms. The predicted octanol–water partition coefficient (Wildman–Crippen LogP) is 3.44. The van der Waals surface area contributed by atoms with Crippen LogP contribution in [-0.2, 0) is 11.3 Å². The largest absolute Gasteiger partial charge is 0.383 e. The fourth-order valence-electron chi connectivity index (χ4n) is 4.97. The van der Waals surface area contributed by atoms with E-state index in [2.05, 4.69) is 40.6 Å². The summed E-state index contributed by atoms with van der Waals surface area (Å²) < 4.78 is 2.01. The van der Waals surface area contributed by atoms with Crippen LogP contribution in [0.4, 0.5) is 5.82 Å². The van der Waals surface area contributed by atoms with Crippen LogP contribution in [0.1, 0.15) is 60.3 Å². The summed E-state index contributed by atoms with van der Waals surface area (Å²) in [6, 6.07) is 9.70. The summed E-state index contributed by atoms with van der Waals surface area (Å²) in [4.78, 5) is 36.8. The summed E-state index contributed by atoms with van der Waals surface area (Å²) in [5, 5.41) is 3.53. The Balaban J connectivity index is 1.62. The minimum atomic E-state index is -0.270. The van der Waals surface area contributed by atoms with Gasteiger partial charge in [-0.1, -0.05) is 49.8 Å². The highest BCUT2D eigenvalue weighted by Crippen LogP contribution is 2.37. The van der Waals surface area contributed by atoms with Gasteiger partial charge in [-0.2, -0.15) is 0 Å². The van der Waals surface area contributed by atoms with E-state index in [1.54, 1.807) is 0 Å². The number of rotatable bonds is 6. The van der Waals surface area contributed by atoms with E-state index in [1.807, 2.05) is 39.8 Å². The molecular weight excluding hydrogens is 452 g/mol.